The van der Waals surface area contributed by atoms with Crippen molar-refractivity contribution >= 4 is 27.6 Å². The van der Waals surface area contributed by atoms with Gasteiger partial charge in [0.2, 0.25) is 0 Å². The molecule has 2 aromatic carbocycles. The van der Waals surface area contributed by atoms with Crippen LogP contribution in [0.15, 0.2) is 71.3 Å². The zero-order valence-corrected chi connectivity index (χ0v) is 19.5. The molecule has 1 N–H and O–H groups in total. The standard InChI is InChI=1S/C26H26N4O3S/c31-25(27-12-22-4-3-11-32-22)30-16-19-14-29(15-20(19)17-30)13-18-7-9-21(10-8-18)33-26-28-23-5-1-2-6-24(23)34-26/h1-11,19-20H,12-17H2,(H,27,31). The molecule has 2 aliphatic rings. The van der Waals surface area contributed by atoms with E-state index in [0.717, 1.165) is 54.5 Å². The number of rotatable bonds is 6. The lowest BCUT2D eigenvalue weighted by Crippen LogP contribution is -2.40. The normalized spacial score (nSPS) is 20.1. The number of hydrogen-bond acceptors (Lipinski definition) is 6. The van der Waals surface area contributed by atoms with Crippen molar-refractivity contribution in [1.29, 1.82) is 0 Å². The first-order chi connectivity index (χ1) is 16.7. The van der Waals surface area contributed by atoms with E-state index in [2.05, 4.69) is 33.4 Å². The highest BCUT2D eigenvalue weighted by Gasteiger charge is 2.41. The minimum absolute atomic E-state index is 0.000987. The number of carbonyl (C=O) groups is 1. The number of amides is 2. The smallest absolute Gasteiger partial charge is 0.317 e. The van der Waals surface area contributed by atoms with Gasteiger partial charge in [-0.2, -0.15) is 0 Å². The van der Waals surface area contributed by atoms with Crippen molar-refractivity contribution < 1.29 is 13.9 Å². The summed E-state index contributed by atoms with van der Waals surface area (Å²) < 4.78 is 12.4. The molecular weight excluding hydrogens is 448 g/mol. The van der Waals surface area contributed by atoms with Crippen LogP contribution < -0.4 is 10.1 Å². The number of furan rings is 1. The molecule has 2 amide bonds. The zero-order valence-electron chi connectivity index (χ0n) is 18.7. The van der Waals surface area contributed by atoms with Crippen molar-refractivity contribution in [3.63, 3.8) is 0 Å². The maximum Gasteiger partial charge on any atom is 0.317 e. The van der Waals surface area contributed by atoms with E-state index in [0.29, 0.717) is 23.6 Å². The third kappa shape index (κ3) is 4.51. The van der Waals surface area contributed by atoms with Crippen LogP contribution >= 0.6 is 11.3 Å². The number of urea groups is 1. The quantitative estimate of drug-likeness (QED) is 0.428. The van der Waals surface area contributed by atoms with E-state index in [1.54, 1.807) is 17.6 Å². The lowest BCUT2D eigenvalue weighted by molar-refractivity contribution is 0.197. The fourth-order valence-corrected chi connectivity index (χ4v) is 5.82. The maximum absolute atomic E-state index is 12.5. The van der Waals surface area contributed by atoms with Gasteiger partial charge in [0.05, 0.1) is 23.0 Å². The Morgan fingerprint density at radius 3 is 2.56 bits per heavy atom. The van der Waals surface area contributed by atoms with Crippen LogP contribution in [0.5, 0.6) is 10.9 Å². The number of fused-ring (bicyclic) bond motifs is 2. The van der Waals surface area contributed by atoms with Gasteiger partial charge in [-0.05, 0) is 53.8 Å². The van der Waals surface area contributed by atoms with Crippen molar-refractivity contribution in [2.45, 2.75) is 13.1 Å². The summed E-state index contributed by atoms with van der Waals surface area (Å²) in [6.07, 6.45) is 1.62. The molecule has 6 rings (SSSR count). The van der Waals surface area contributed by atoms with Crippen molar-refractivity contribution in [1.82, 2.24) is 20.1 Å². The number of carbonyl (C=O) groups excluding carboxylic acids is 1. The third-order valence-electron chi connectivity index (χ3n) is 6.65. The molecule has 0 saturated carbocycles. The van der Waals surface area contributed by atoms with Gasteiger partial charge in [0.15, 0.2) is 0 Å². The van der Waals surface area contributed by atoms with Gasteiger partial charge in [0, 0.05) is 32.7 Å². The highest BCUT2D eigenvalue weighted by Crippen LogP contribution is 2.33. The van der Waals surface area contributed by atoms with E-state index >= 15 is 0 Å². The largest absolute Gasteiger partial charge is 0.467 e. The second-order valence-corrected chi connectivity index (χ2v) is 10.0. The molecule has 2 fully saturated rings. The average molecular weight is 475 g/mol. The number of benzene rings is 2. The summed E-state index contributed by atoms with van der Waals surface area (Å²) in [6, 6.07) is 20.1. The lowest BCUT2D eigenvalue weighted by atomic mass is 10.0. The molecule has 2 aromatic heterocycles. The van der Waals surface area contributed by atoms with E-state index in [1.165, 1.54) is 5.56 Å². The fraction of sp³-hybridized carbons (Fsp3) is 0.308. The minimum Gasteiger partial charge on any atom is -0.467 e. The summed E-state index contributed by atoms with van der Waals surface area (Å²) in [6.45, 7) is 5.04. The molecule has 8 heteroatoms. The Hall–Kier alpha value is -3.36. The monoisotopic (exact) mass is 474 g/mol. The van der Waals surface area contributed by atoms with Gasteiger partial charge in [0.1, 0.15) is 11.5 Å². The molecule has 2 atom stereocenters. The SMILES string of the molecule is O=C(NCc1ccco1)N1CC2CN(Cc3ccc(Oc4nc5ccccc5s4)cc3)CC2C1. The van der Waals surface area contributed by atoms with Gasteiger partial charge in [0.25, 0.3) is 5.19 Å². The average Bonchev–Trinajstić information content (AvgIpc) is 3.62. The van der Waals surface area contributed by atoms with Crippen LogP contribution in [-0.2, 0) is 13.1 Å². The van der Waals surface area contributed by atoms with E-state index in [-0.39, 0.29) is 6.03 Å². The van der Waals surface area contributed by atoms with Crippen molar-refractivity contribution in [2.75, 3.05) is 26.2 Å². The second kappa shape index (κ2) is 9.12. The molecule has 7 nitrogen and oxygen atoms in total. The van der Waals surface area contributed by atoms with Crippen molar-refractivity contribution in [2.24, 2.45) is 11.8 Å². The summed E-state index contributed by atoms with van der Waals surface area (Å²) in [5, 5.41) is 3.63. The Labute approximate surface area is 201 Å². The Morgan fingerprint density at radius 2 is 1.82 bits per heavy atom. The Bertz CT molecular complexity index is 1220. The number of ether oxygens (including phenoxy) is 1. The van der Waals surface area contributed by atoms with Gasteiger partial charge in [-0.25, -0.2) is 9.78 Å². The number of para-hydroxylation sites is 1. The van der Waals surface area contributed by atoms with E-state index in [9.17, 15) is 4.79 Å². The minimum atomic E-state index is 0.000987. The predicted octanol–water partition coefficient (Wildman–Crippen LogP) is 4.96. The zero-order chi connectivity index (χ0) is 22.9. The summed E-state index contributed by atoms with van der Waals surface area (Å²) in [4.78, 5) is 21.5. The lowest BCUT2D eigenvalue weighted by Gasteiger charge is -2.22. The highest BCUT2D eigenvalue weighted by atomic mass is 32.1. The van der Waals surface area contributed by atoms with Crippen LogP contribution in [0, 0.1) is 11.8 Å². The van der Waals surface area contributed by atoms with Crippen molar-refractivity contribution in [3.8, 4) is 10.9 Å². The first-order valence-corrected chi connectivity index (χ1v) is 12.4. The molecule has 2 saturated heterocycles. The number of nitrogens with one attached hydrogen (secondary N) is 1. The van der Waals surface area contributed by atoms with Gasteiger partial charge in [-0.3, -0.25) is 4.90 Å². The summed E-state index contributed by atoms with van der Waals surface area (Å²) >= 11 is 1.56. The molecule has 2 unspecified atom stereocenters. The Balaban J connectivity index is 0.989. The van der Waals surface area contributed by atoms with Crippen LogP contribution in [-0.4, -0.2) is 47.0 Å². The molecular formula is C26H26N4O3S. The van der Waals surface area contributed by atoms with E-state index < -0.39 is 0 Å². The summed E-state index contributed by atoms with van der Waals surface area (Å²) in [7, 11) is 0. The molecule has 4 aromatic rings. The fourth-order valence-electron chi connectivity index (χ4n) is 4.99. The number of likely N-dealkylation sites (tertiary alicyclic amines) is 2. The Kier molecular flexibility index (Phi) is 5.68. The molecule has 0 radical (unpaired) electrons. The number of thiazole rings is 1. The molecule has 0 spiro atoms. The molecule has 34 heavy (non-hydrogen) atoms. The Morgan fingerprint density at radius 1 is 1.03 bits per heavy atom. The van der Waals surface area contributed by atoms with Crippen LogP contribution in [0.4, 0.5) is 4.79 Å². The molecule has 2 aliphatic heterocycles. The topological polar surface area (TPSA) is 70.8 Å². The summed E-state index contributed by atoms with van der Waals surface area (Å²) in [5.74, 6) is 2.65. The first-order valence-electron chi connectivity index (χ1n) is 11.6. The van der Waals surface area contributed by atoms with Crippen LogP contribution in [0.1, 0.15) is 11.3 Å². The number of hydrogen-bond donors (Lipinski definition) is 1. The summed E-state index contributed by atoms with van der Waals surface area (Å²) in [5.41, 5.74) is 2.23. The van der Waals surface area contributed by atoms with Crippen LogP contribution in [0.2, 0.25) is 0 Å². The molecule has 0 bridgehead atoms. The maximum atomic E-state index is 12.5. The van der Waals surface area contributed by atoms with Crippen LogP contribution in [0.3, 0.4) is 0 Å². The molecule has 0 aliphatic carbocycles. The van der Waals surface area contributed by atoms with Gasteiger partial charge < -0.3 is 19.4 Å². The van der Waals surface area contributed by atoms with Crippen LogP contribution in [0.25, 0.3) is 10.2 Å². The third-order valence-corrected chi connectivity index (χ3v) is 7.57. The van der Waals surface area contributed by atoms with Gasteiger partial charge >= 0.3 is 6.03 Å². The highest BCUT2D eigenvalue weighted by molar-refractivity contribution is 7.20. The van der Waals surface area contributed by atoms with Gasteiger partial charge in [-0.1, -0.05) is 35.6 Å². The number of nitrogens with zero attached hydrogens (tertiary/aromatic N) is 3. The predicted molar refractivity (Wildman–Crippen MR) is 131 cm³/mol. The molecule has 174 valence electrons. The first kappa shape index (κ1) is 21.2. The van der Waals surface area contributed by atoms with Crippen molar-refractivity contribution in [3.05, 3.63) is 78.3 Å². The number of aromatic nitrogens is 1. The second-order valence-electron chi connectivity index (χ2n) is 9.05. The molecule has 4 heterocycles. The van der Waals surface area contributed by atoms with Gasteiger partial charge in [-0.15, -0.1) is 0 Å². The van der Waals surface area contributed by atoms with E-state index in [1.807, 2.05) is 47.4 Å². The van der Waals surface area contributed by atoms with E-state index in [4.69, 9.17) is 9.15 Å².